The summed E-state index contributed by atoms with van der Waals surface area (Å²) in [5.74, 6) is 0.140. The molecular weight excluding hydrogens is 461 g/mol. The number of aryl methyl sites for hydroxylation is 1. The highest BCUT2D eigenvalue weighted by Gasteiger charge is 2.38. The first-order chi connectivity index (χ1) is 15.7. The minimum atomic E-state index is -4.75. The van der Waals surface area contributed by atoms with Crippen molar-refractivity contribution >= 4 is 28.3 Å². The lowest BCUT2D eigenvalue weighted by molar-refractivity contribution is -0.140. The average Bonchev–Trinajstić information content (AvgIpc) is 3.36. The summed E-state index contributed by atoms with van der Waals surface area (Å²) < 4.78 is 53.3. The molecule has 0 bridgehead atoms. The summed E-state index contributed by atoms with van der Waals surface area (Å²) in [5, 5.41) is 2.47. The molecule has 0 fully saturated rings. The summed E-state index contributed by atoms with van der Waals surface area (Å²) in [6, 6.07) is 11.0. The summed E-state index contributed by atoms with van der Waals surface area (Å²) >= 11 is 6.12. The number of oxazole rings is 1. The lowest BCUT2D eigenvalue weighted by Gasteiger charge is -2.07. The highest BCUT2D eigenvalue weighted by Crippen LogP contribution is 2.39. The maximum Gasteiger partial charge on any atom is 0.433 e. The van der Waals surface area contributed by atoms with E-state index >= 15 is 0 Å². The predicted octanol–water partition coefficient (Wildman–Crippen LogP) is 5.49. The molecule has 168 valence electrons. The summed E-state index contributed by atoms with van der Waals surface area (Å²) in [4.78, 5) is 22.0. The maximum absolute atomic E-state index is 13.9. The number of H-pyrrole nitrogens is 1. The molecule has 0 radical (unpaired) electrons. The number of hydrogen-bond donors (Lipinski definition) is 1. The number of benzene rings is 2. The standard InChI is InChI=1S/C22H14ClF3N4O3/c1-10-14(20-28-16-13(33-20)9-8-12(23)17(16)32-2)21(31)30-19(27-10)15(11-6-4-3-5-7-11)18(29-30)22(24,25)26/h3-9,29H,1-2H3. The summed E-state index contributed by atoms with van der Waals surface area (Å²) in [6.45, 7) is 1.50. The Labute approximate surface area is 188 Å². The van der Waals surface area contributed by atoms with Crippen LogP contribution in [0, 0.1) is 6.92 Å². The van der Waals surface area contributed by atoms with Crippen LogP contribution in [0.15, 0.2) is 51.7 Å². The van der Waals surface area contributed by atoms with E-state index in [9.17, 15) is 18.0 Å². The van der Waals surface area contributed by atoms with Gasteiger partial charge in [-0.3, -0.25) is 9.89 Å². The lowest BCUT2D eigenvalue weighted by atomic mass is 10.1. The lowest BCUT2D eigenvalue weighted by Crippen LogP contribution is -2.20. The van der Waals surface area contributed by atoms with Gasteiger partial charge >= 0.3 is 6.18 Å². The summed E-state index contributed by atoms with van der Waals surface area (Å²) in [6.07, 6.45) is -4.75. The molecule has 33 heavy (non-hydrogen) atoms. The van der Waals surface area contributed by atoms with Crippen molar-refractivity contribution in [1.29, 1.82) is 0 Å². The molecule has 0 unspecified atom stereocenters. The highest BCUT2D eigenvalue weighted by molar-refractivity contribution is 6.33. The SMILES string of the molecule is COc1c(Cl)ccc2oc(-c3c(C)nc4c(-c5ccccc5)c(C(F)(F)F)[nH]n4c3=O)nc12. The zero-order valence-electron chi connectivity index (χ0n) is 17.1. The number of aromatic nitrogens is 4. The van der Waals surface area contributed by atoms with Gasteiger partial charge in [-0.25, -0.2) is 9.97 Å². The van der Waals surface area contributed by atoms with E-state index in [4.69, 9.17) is 20.8 Å². The molecular formula is C22H14ClF3N4O3. The molecule has 2 aromatic carbocycles. The van der Waals surface area contributed by atoms with Crippen molar-refractivity contribution in [2.75, 3.05) is 7.11 Å². The number of methoxy groups -OCH3 is 1. The van der Waals surface area contributed by atoms with Crippen molar-refractivity contribution in [3.63, 3.8) is 0 Å². The number of hydrogen-bond acceptors (Lipinski definition) is 5. The zero-order chi connectivity index (χ0) is 23.5. The van der Waals surface area contributed by atoms with E-state index in [2.05, 4.69) is 15.1 Å². The van der Waals surface area contributed by atoms with Crippen LogP contribution in [0.5, 0.6) is 5.75 Å². The Hall–Kier alpha value is -3.79. The third-order valence-electron chi connectivity index (χ3n) is 5.19. The van der Waals surface area contributed by atoms with Gasteiger partial charge in [0, 0.05) is 0 Å². The largest absolute Gasteiger partial charge is 0.493 e. The Bertz CT molecular complexity index is 1590. The van der Waals surface area contributed by atoms with E-state index < -0.39 is 17.4 Å². The van der Waals surface area contributed by atoms with E-state index in [1.807, 2.05) is 0 Å². The highest BCUT2D eigenvalue weighted by atomic mass is 35.5. The minimum absolute atomic E-state index is 0.0866. The van der Waals surface area contributed by atoms with Crippen molar-refractivity contribution in [3.05, 3.63) is 69.2 Å². The summed E-state index contributed by atoms with van der Waals surface area (Å²) in [7, 11) is 1.41. The van der Waals surface area contributed by atoms with Gasteiger partial charge in [0.2, 0.25) is 5.89 Å². The van der Waals surface area contributed by atoms with E-state index in [1.165, 1.54) is 26.2 Å². The topological polar surface area (TPSA) is 85.4 Å². The van der Waals surface area contributed by atoms with Crippen molar-refractivity contribution in [3.8, 4) is 28.3 Å². The Morgan fingerprint density at radius 3 is 2.48 bits per heavy atom. The van der Waals surface area contributed by atoms with Crippen LogP contribution >= 0.6 is 11.6 Å². The Balaban J connectivity index is 1.82. The van der Waals surface area contributed by atoms with Crippen LogP contribution in [0.4, 0.5) is 13.2 Å². The third-order valence-corrected chi connectivity index (χ3v) is 5.49. The molecule has 0 saturated carbocycles. The predicted molar refractivity (Wildman–Crippen MR) is 116 cm³/mol. The van der Waals surface area contributed by atoms with Gasteiger partial charge in [0.05, 0.1) is 23.4 Å². The normalized spacial score (nSPS) is 12.1. The van der Waals surface area contributed by atoms with Crippen LogP contribution in [0.3, 0.4) is 0 Å². The molecule has 0 aliphatic heterocycles. The fourth-order valence-electron chi connectivity index (χ4n) is 3.75. The molecule has 3 heterocycles. The summed E-state index contributed by atoms with van der Waals surface area (Å²) in [5.41, 5.74) is -1.35. The first-order valence-corrected chi connectivity index (χ1v) is 10.00. The van der Waals surface area contributed by atoms with Crippen LogP contribution in [-0.4, -0.2) is 26.7 Å². The average molecular weight is 475 g/mol. The van der Waals surface area contributed by atoms with Gasteiger partial charge in [0.1, 0.15) is 11.3 Å². The van der Waals surface area contributed by atoms with E-state index in [0.29, 0.717) is 10.6 Å². The van der Waals surface area contributed by atoms with Gasteiger partial charge in [-0.05, 0) is 24.6 Å². The fourth-order valence-corrected chi connectivity index (χ4v) is 3.98. The number of fused-ring (bicyclic) bond motifs is 2. The van der Waals surface area contributed by atoms with Gasteiger partial charge in [0.15, 0.2) is 22.5 Å². The number of nitrogens with zero attached hydrogens (tertiary/aromatic N) is 3. The van der Waals surface area contributed by atoms with Crippen molar-refractivity contribution < 1.29 is 22.3 Å². The molecule has 0 atom stereocenters. The number of rotatable bonds is 3. The van der Waals surface area contributed by atoms with Crippen molar-refractivity contribution in [2.24, 2.45) is 0 Å². The maximum atomic E-state index is 13.9. The first kappa shape index (κ1) is 21.1. The van der Waals surface area contributed by atoms with Gasteiger partial charge < -0.3 is 9.15 Å². The molecule has 3 aromatic heterocycles. The number of aromatic amines is 1. The molecule has 1 N–H and O–H groups in total. The molecule has 0 aliphatic carbocycles. The van der Waals surface area contributed by atoms with Crippen molar-refractivity contribution in [1.82, 2.24) is 19.6 Å². The van der Waals surface area contributed by atoms with Crippen LogP contribution in [0.25, 0.3) is 39.3 Å². The fraction of sp³-hybridized carbons (Fsp3) is 0.136. The molecule has 5 aromatic rings. The second kappa shape index (κ2) is 7.38. The monoisotopic (exact) mass is 474 g/mol. The molecule has 7 nitrogen and oxygen atoms in total. The van der Waals surface area contributed by atoms with Crippen LogP contribution in [-0.2, 0) is 6.18 Å². The Kier molecular flexibility index (Phi) is 4.71. The molecule has 0 saturated heterocycles. The van der Waals surface area contributed by atoms with Crippen LogP contribution < -0.4 is 10.3 Å². The molecule has 5 rings (SSSR count). The molecule has 0 aliphatic rings. The number of alkyl halides is 3. The quantitative estimate of drug-likeness (QED) is 0.374. The zero-order valence-corrected chi connectivity index (χ0v) is 17.9. The van der Waals surface area contributed by atoms with E-state index in [1.54, 1.807) is 30.3 Å². The van der Waals surface area contributed by atoms with E-state index in [0.717, 1.165) is 4.52 Å². The Morgan fingerprint density at radius 2 is 1.82 bits per heavy atom. The van der Waals surface area contributed by atoms with E-state index in [-0.39, 0.29) is 45.2 Å². The number of ether oxygens (including phenoxy) is 1. The number of halogens is 4. The van der Waals surface area contributed by atoms with Gasteiger partial charge in [-0.2, -0.15) is 17.7 Å². The van der Waals surface area contributed by atoms with Gasteiger partial charge in [0.25, 0.3) is 5.56 Å². The second-order valence-electron chi connectivity index (χ2n) is 7.21. The molecule has 11 heteroatoms. The smallest absolute Gasteiger partial charge is 0.433 e. The van der Waals surface area contributed by atoms with Crippen LogP contribution in [0.1, 0.15) is 11.4 Å². The van der Waals surface area contributed by atoms with Crippen LogP contribution in [0.2, 0.25) is 5.02 Å². The second-order valence-corrected chi connectivity index (χ2v) is 7.62. The molecule has 0 amide bonds. The van der Waals surface area contributed by atoms with Gasteiger partial charge in [-0.15, -0.1) is 0 Å². The van der Waals surface area contributed by atoms with Crippen molar-refractivity contribution in [2.45, 2.75) is 13.1 Å². The number of nitrogens with one attached hydrogen (secondary N) is 1. The van der Waals surface area contributed by atoms with Gasteiger partial charge in [-0.1, -0.05) is 41.9 Å². The first-order valence-electron chi connectivity index (χ1n) is 9.62. The Morgan fingerprint density at radius 1 is 1.09 bits per heavy atom. The molecule has 0 spiro atoms. The third kappa shape index (κ3) is 3.25. The minimum Gasteiger partial charge on any atom is -0.493 e.